The van der Waals surface area contributed by atoms with Crippen molar-refractivity contribution in [2.45, 2.75) is 0 Å². The number of carbonyl (C=O) groups is 2. The predicted molar refractivity (Wildman–Crippen MR) is 105 cm³/mol. The molecule has 0 bridgehead atoms. The molecule has 33 heavy (non-hydrogen) atoms. The Hall–Kier alpha value is -5.21. The van der Waals surface area contributed by atoms with Gasteiger partial charge in [0.2, 0.25) is 5.82 Å². The number of hydrogen-bond acceptors (Lipinski definition) is 10. The third-order valence-corrected chi connectivity index (χ3v) is 3.87. The minimum absolute atomic E-state index is 0.119. The second kappa shape index (κ2) is 8.88. The number of allylic oxidation sites excluding steroid dienone is 2. The van der Waals surface area contributed by atoms with Crippen LogP contribution in [-0.2, 0) is 0 Å². The van der Waals surface area contributed by atoms with Crippen LogP contribution < -0.4 is 11.2 Å². The maximum atomic E-state index is 14.0. The van der Waals surface area contributed by atoms with Crippen molar-refractivity contribution in [1.82, 2.24) is 9.13 Å². The number of hydrogen-bond donors (Lipinski definition) is 0. The van der Waals surface area contributed by atoms with E-state index < -0.39 is 50.5 Å². The molecule has 3 rings (SSSR count). The first-order valence-electron chi connectivity index (χ1n) is 8.56. The molecule has 14 nitrogen and oxygen atoms in total. The number of rotatable bonds is 6. The van der Waals surface area contributed by atoms with E-state index in [1.54, 1.807) is 0 Å². The van der Waals surface area contributed by atoms with Crippen molar-refractivity contribution in [3.05, 3.63) is 101 Å². The van der Waals surface area contributed by atoms with Gasteiger partial charge in [-0.1, -0.05) is 0 Å². The van der Waals surface area contributed by atoms with Gasteiger partial charge in [0.25, 0.3) is 17.4 Å². The zero-order valence-corrected chi connectivity index (χ0v) is 15.9. The Balaban J connectivity index is 1.91. The molecule has 0 saturated heterocycles. The van der Waals surface area contributed by atoms with Gasteiger partial charge >= 0.3 is 17.5 Å². The Morgan fingerprint density at radius 2 is 1.36 bits per heavy atom. The second-order valence-electron chi connectivity index (χ2n) is 5.98. The minimum Gasteiger partial charge on any atom is -0.401 e. The number of carbonyl (C=O) groups excluding carboxylic acids is 2. The molecule has 3 aromatic rings. The zero-order valence-electron chi connectivity index (χ0n) is 15.9. The maximum absolute atomic E-state index is 14.0. The van der Waals surface area contributed by atoms with Gasteiger partial charge in [-0.3, -0.25) is 34.6 Å². The maximum Gasteiger partial charge on any atom is 0.433 e. The summed E-state index contributed by atoms with van der Waals surface area (Å²) in [6.45, 7) is 0. The van der Waals surface area contributed by atoms with Crippen molar-refractivity contribution in [1.29, 1.82) is 0 Å². The summed E-state index contributed by atoms with van der Waals surface area (Å²) < 4.78 is 23.5. The van der Waals surface area contributed by atoms with Crippen molar-refractivity contribution in [3.8, 4) is 0 Å². The van der Waals surface area contributed by atoms with E-state index in [1.807, 2.05) is 0 Å². The quantitative estimate of drug-likeness (QED) is 0.298. The lowest BCUT2D eigenvalue weighted by atomic mass is 10.3. The summed E-state index contributed by atoms with van der Waals surface area (Å²) in [5, 5.41) is 21.2. The van der Waals surface area contributed by atoms with Crippen LogP contribution in [0, 0.1) is 26.0 Å². The Kier molecular flexibility index (Phi) is 6.05. The average molecular weight is 460 g/mol. The van der Waals surface area contributed by atoms with Crippen LogP contribution in [0.4, 0.5) is 16.2 Å². The Labute approximate surface area is 179 Å². The molecule has 0 amide bonds. The van der Waals surface area contributed by atoms with Crippen LogP contribution >= 0.6 is 0 Å². The number of furan rings is 2. The monoisotopic (exact) mass is 460 g/mol. The molecule has 0 aliphatic carbocycles. The van der Waals surface area contributed by atoms with Gasteiger partial charge in [-0.2, -0.15) is 8.96 Å². The molecule has 168 valence electrons. The summed E-state index contributed by atoms with van der Waals surface area (Å²) in [5.41, 5.74) is -3.16. The lowest BCUT2D eigenvalue weighted by molar-refractivity contribution is -0.402. The highest BCUT2D eigenvalue weighted by atomic mass is 19.1. The summed E-state index contributed by atoms with van der Waals surface area (Å²) >= 11 is 0. The fraction of sp³-hybridized carbons (Fsp3) is 0. The SMILES string of the molecule is O=C(C=Cc1ccc([N+](=O)[O-])o1)n1cc(F)c(=O)n(C(=O)C=Cc2ccc([N+](=O)[O-])o2)c1=O. The number of nitrogens with zero attached hydrogens (tertiary/aromatic N) is 4. The first-order chi connectivity index (χ1) is 15.6. The summed E-state index contributed by atoms with van der Waals surface area (Å²) in [6.07, 6.45) is 3.41. The third kappa shape index (κ3) is 4.76. The van der Waals surface area contributed by atoms with E-state index in [0.717, 1.165) is 36.4 Å². The van der Waals surface area contributed by atoms with Crippen LogP contribution in [0.2, 0.25) is 0 Å². The van der Waals surface area contributed by atoms with Gasteiger partial charge in [0.15, 0.2) is 0 Å². The molecule has 0 radical (unpaired) electrons. The largest absolute Gasteiger partial charge is 0.433 e. The molecule has 0 N–H and O–H groups in total. The molecule has 0 atom stereocenters. The number of halogens is 1. The Morgan fingerprint density at radius 1 is 0.879 bits per heavy atom. The number of aromatic nitrogens is 2. The Bertz CT molecular complexity index is 1470. The highest BCUT2D eigenvalue weighted by Gasteiger charge is 2.19. The molecular formula is C18H9FN4O10. The van der Waals surface area contributed by atoms with Gasteiger partial charge in [-0.15, -0.1) is 0 Å². The molecule has 0 unspecified atom stereocenters. The van der Waals surface area contributed by atoms with Crippen molar-refractivity contribution in [3.63, 3.8) is 0 Å². The van der Waals surface area contributed by atoms with E-state index in [1.165, 1.54) is 0 Å². The van der Waals surface area contributed by atoms with E-state index in [-0.39, 0.29) is 26.9 Å². The molecule has 0 aromatic carbocycles. The summed E-state index contributed by atoms with van der Waals surface area (Å²) in [5.74, 6) is -5.74. The fourth-order valence-electron chi connectivity index (χ4n) is 2.40. The molecule has 0 fully saturated rings. The fourth-order valence-corrected chi connectivity index (χ4v) is 2.40. The van der Waals surface area contributed by atoms with Gasteiger partial charge in [0.1, 0.15) is 21.4 Å². The lowest BCUT2D eigenvalue weighted by Gasteiger charge is -2.05. The van der Waals surface area contributed by atoms with E-state index in [4.69, 9.17) is 8.83 Å². The van der Waals surface area contributed by atoms with Gasteiger partial charge in [0, 0.05) is 12.2 Å². The molecule has 0 spiro atoms. The highest BCUT2D eigenvalue weighted by molar-refractivity contribution is 5.95. The Morgan fingerprint density at radius 3 is 1.82 bits per heavy atom. The van der Waals surface area contributed by atoms with Gasteiger partial charge in [0.05, 0.1) is 18.3 Å². The smallest absolute Gasteiger partial charge is 0.401 e. The van der Waals surface area contributed by atoms with Crippen LogP contribution in [0.3, 0.4) is 0 Å². The standard InChI is InChI=1S/C18H9FN4O10/c19-12-9-20(13(24)5-1-10-3-7-15(32-10)22(28)29)18(27)21(17(12)26)14(25)6-2-11-4-8-16(33-11)23(30)31/h1-9H. The molecule has 3 heterocycles. The van der Waals surface area contributed by atoms with Crippen molar-refractivity contribution < 1.29 is 32.7 Å². The van der Waals surface area contributed by atoms with Crippen LogP contribution in [0.5, 0.6) is 0 Å². The summed E-state index contributed by atoms with van der Waals surface area (Å²) in [4.78, 5) is 68.5. The molecule has 3 aromatic heterocycles. The molecule has 15 heteroatoms. The van der Waals surface area contributed by atoms with Crippen LogP contribution in [0.25, 0.3) is 12.2 Å². The molecule has 0 aliphatic rings. The van der Waals surface area contributed by atoms with Gasteiger partial charge in [-0.05, 0) is 24.3 Å². The average Bonchev–Trinajstić information content (AvgIpc) is 3.43. The van der Waals surface area contributed by atoms with Crippen molar-refractivity contribution >= 4 is 35.7 Å². The predicted octanol–water partition coefficient (Wildman–Crippen LogP) is 1.86. The molecular weight excluding hydrogens is 451 g/mol. The van der Waals surface area contributed by atoms with Gasteiger partial charge < -0.3 is 8.83 Å². The normalized spacial score (nSPS) is 11.3. The van der Waals surface area contributed by atoms with Crippen LogP contribution in [-0.4, -0.2) is 30.8 Å². The van der Waals surface area contributed by atoms with Crippen LogP contribution in [0.1, 0.15) is 21.1 Å². The van der Waals surface area contributed by atoms with E-state index in [2.05, 4.69) is 0 Å². The highest BCUT2D eigenvalue weighted by Crippen LogP contribution is 2.17. The van der Waals surface area contributed by atoms with Gasteiger partial charge in [-0.25, -0.2) is 9.36 Å². The third-order valence-electron chi connectivity index (χ3n) is 3.87. The molecule has 0 saturated carbocycles. The van der Waals surface area contributed by atoms with E-state index in [9.17, 15) is 43.8 Å². The lowest BCUT2D eigenvalue weighted by Crippen LogP contribution is -2.45. The zero-order chi connectivity index (χ0) is 24.3. The first-order valence-corrected chi connectivity index (χ1v) is 8.56. The van der Waals surface area contributed by atoms with E-state index >= 15 is 0 Å². The number of nitro groups is 2. The van der Waals surface area contributed by atoms with Crippen molar-refractivity contribution in [2.24, 2.45) is 0 Å². The first kappa shape index (κ1) is 22.5. The summed E-state index contributed by atoms with van der Waals surface area (Å²) in [7, 11) is 0. The topological polar surface area (TPSA) is 191 Å². The van der Waals surface area contributed by atoms with Crippen molar-refractivity contribution in [2.75, 3.05) is 0 Å². The summed E-state index contributed by atoms with van der Waals surface area (Å²) in [6, 6.07) is 4.28. The molecule has 0 aliphatic heterocycles. The van der Waals surface area contributed by atoms with E-state index in [0.29, 0.717) is 12.2 Å². The second-order valence-corrected chi connectivity index (χ2v) is 5.98. The minimum atomic E-state index is -1.64. The van der Waals surface area contributed by atoms with Crippen LogP contribution in [0.15, 0.2) is 61.0 Å².